The molecule has 6 heteroatoms. The van der Waals surface area contributed by atoms with Crippen LogP contribution in [0.25, 0.3) is 10.2 Å². The Balaban J connectivity index is 1.76. The number of carbonyl (C=O) groups is 1. The Bertz CT molecular complexity index is 763. The van der Waals surface area contributed by atoms with Gasteiger partial charge >= 0.3 is 0 Å². The minimum atomic E-state index is -0.829. The van der Waals surface area contributed by atoms with Crippen LogP contribution in [0.3, 0.4) is 0 Å². The van der Waals surface area contributed by atoms with Gasteiger partial charge in [-0.1, -0.05) is 30.0 Å². The Hall–Kier alpha value is -1.79. The fourth-order valence-corrected chi connectivity index (χ4v) is 3.82. The lowest BCUT2D eigenvalue weighted by molar-refractivity contribution is 0.101. The second-order valence-corrected chi connectivity index (χ2v) is 6.51. The molecule has 0 atom stereocenters. The van der Waals surface area contributed by atoms with Crippen LogP contribution in [0.1, 0.15) is 10.4 Å². The number of ketones is 1. The number of hydrogen-bond donors (Lipinski definition) is 0. The van der Waals surface area contributed by atoms with Crippen LogP contribution >= 0.6 is 23.1 Å². The summed E-state index contributed by atoms with van der Waals surface area (Å²) in [5, 5.41) is 0. The highest BCUT2D eigenvalue weighted by atomic mass is 32.2. The van der Waals surface area contributed by atoms with E-state index in [2.05, 4.69) is 4.98 Å². The zero-order valence-electron chi connectivity index (χ0n) is 10.7. The number of thiazole rings is 1. The lowest BCUT2D eigenvalue weighted by Crippen LogP contribution is -2.08. The third-order valence-electron chi connectivity index (χ3n) is 2.84. The fourth-order valence-electron chi connectivity index (χ4n) is 1.88. The molecule has 106 valence electrons. The van der Waals surface area contributed by atoms with Crippen molar-refractivity contribution < 1.29 is 13.6 Å². The molecule has 21 heavy (non-hydrogen) atoms. The highest BCUT2D eigenvalue weighted by molar-refractivity contribution is 8.01. The molecule has 2 nitrogen and oxygen atoms in total. The minimum Gasteiger partial charge on any atom is -0.293 e. The average Bonchev–Trinajstić information content (AvgIpc) is 2.87. The van der Waals surface area contributed by atoms with Crippen LogP contribution in [-0.4, -0.2) is 16.5 Å². The van der Waals surface area contributed by atoms with Gasteiger partial charge in [0, 0.05) is 0 Å². The summed E-state index contributed by atoms with van der Waals surface area (Å²) in [6.07, 6.45) is 0. The van der Waals surface area contributed by atoms with Gasteiger partial charge in [-0.05, 0) is 24.3 Å². The number of fused-ring (bicyclic) bond motifs is 1. The molecule has 1 heterocycles. The molecule has 3 rings (SSSR count). The van der Waals surface area contributed by atoms with Crippen LogP contribution in [0.15, 0.2) is 46.8 Å². The molecule has 3 aromatic rings. The number of aromatic nitrogens is 1. The third kappa shape index (κ3) is 2.96. The van der Waals surface area contributed by atoms with Gasteiger partial charge in [0.1, 0.15) is 11.6 Å². The van der Waals surface area contributed by atoms with Crippen LogP contribution < -0.4 is 0 Å². The molecule has 0 fully saturated rings. The molecule has 0 aliphatic heterocycles. The van der Waals surface area contributed by atoms with E-state index in [1.54, 1.807) is 0 Å². The smallest absolute Gasteiger partial charge is 0.179 e. The number of para-hydroxylation sites is 1. The number of nitrogens with zero attached hydrogens (tertiary/aromatic N) is 1. The van der Waals surface area contributed by atoms with Crippen molar-refractivity contribution in [2.75, 3.05) is 5.75 Å². The quantitative estimate of drug-likeness (QED) is 0.521. The highest BCUT2D eigenvalue weighted by Crippen LogP contribution is 2.30. The molecule has 0 saturated carbocycles. The molecule has 0 N–H and O–H groups in total. The Labute approximate surface area is 127 Å². The van der Waals surface area contributed by atoms with E-state index in [1.807, 2.05) is 24.3 Å². The van der Waals surface area contributed by atoms with E-state index in [0.717, 1.165) is 22.3 Å². The number of Topliss-reactive ketones (excluding diaryl/α,β-unsaturated/α-hetero) is 1. The van der Waals surface area contributed by atoms with Gasteiger partial charge in [0.2, 0.25) is 0 Å². The van der Waals surface area contributed by atoms with Crippen molar-refractivity contribution in [1.29, 1.82) is 0 Å². The first-order valence-electron chi connectivity index (χ1n) is 6.11. The molecule has 2 aromatic carbocycles. The first kappa shape index (κ1) is 14.2. The Morgan fingerprint density at radius 3 is 2.52 bits per heavy atom. The van der Waals surface area contributed by atoms with Gasteiger partial charge in [-0.25, -0.2) is 13.8 Å². The first-order valence-corrected chi connectivity index (χ1v) is 7.91. The summed E-state index contributed by atoms with van der Waals surface area (Å²) >= 11 is 2.65. The minimum absolute atomic E-state index is 0.0440. The van der Waals surface area contributed by atoms with Crippen LogP contribution in [0.5, 0.6) is 0 Å². The van der Waals surface area contributed by atoms with Crippen LogP contribution in [0, 0.1) is 11.6 Å². The fraction of sp³-hybridized carbons (Fsp3) is 0.0667. The number of rotatable bonds is 4. The van der Waals surface area contributed by atoms with Gasteiger partial charge in [0.15, 0.2) is 10.1 Å². The summed E-state index contributed by atoms with van der Waals surface area (Å²) in [7, 11) is 0. The lowest BCUT2D eigenvalue weighted by Gasteiger charge is -2.02. The van der Waals surface area contributed by atoms with Crippen molar-refractivity contribution >= 4 is 39.1 Å². The van der Waals surface area contributed by atoms with Crippen molar-refractivity contribution in [3.05, 3.63) is 59.7 Å². The molecule has 0 amide bonds. The number of hydrogen-bond acceptors (Lipinski definition) is 4. The zero-order chi connectivity index (χ0) is 14.8. The van der Waals surface area contributed by atoms with Gasteiger partial charge < -0.3 is 0 Å². The SMILES string of the molecule is O=C(CSc1nc2ccccc2s1)c1c(F)cccc1F. The van der Waals surface area contributed by atoms with Gasteiger partial charge in [-0.2, -0.15) is 0 Å². The van der Waals surface area contributed by atoms with Crippen molar-refractivity contribution in [3.8, 4) is 0 Å². The summed E-state index contributed by atoms with van der Waals surface area (Å²) in [4.78, 5) is 16.3. The van der Waals surface area contributed by atoms with Crippen LogP contribution in [-0.2, 0) is 0 Å². The molecule has 0 spiro atoms. The predicted molar refractivity (Wildman–Crippen MR) is 81.0 cm³/mol. The van der Waals surface area contributed by atoms with E-state index in [1.165, 1.54) is 29.2 Å². The van der Waals surface area contributed by atoms with Crippen molar-refractivity contribution in [1.82, 2.24) is 4.98 Å². The predicted octanol–water partition coefficient (Wildman–Crippen LogP) is 4.55. The van der Waals surface area contributed by atoms with Gasteiger partial charge in [-0.3, -0.25) is 4.79 Å². The topological polar surface area (TPSA) is 30.0 Å². The number of carbonyl (C=O) groups excluding carboxylic acids is 1. The average molecular weight is 321 g/mol. The number of benzene rings is 2. The Morgan fingerprint density at radius 1 is 1.10 bits per heavy atom. The molecule has 0 radical (unpaired) electrons. The normalized spacial score (nSPS) is 11.0. The third-order valence-corrected chi connectivity index (χ3v) is 5.02. The van der Waals surface area contributed by atoms with E-state index in [0.29, 0.717) is 4.34 Å². The van der Waals surface area contributed by atoms with E-state index in [-0.39, 0.29) is 5.75 Å². The molecule has 0 bridgehead atoms. The van der Waals surface area contributed by atoms with E-state index >= 15 is 0 Å². The van der Waals surface area contributed by atoms with Crippen molar-refractivity contribution in [2.24, 2.45) is 0 Å². The highest BCUT2D eigenvalue weighted by Gasteiger charge is 2.17. The summed E-state index contributed by atoms with van der Waals surface area (Å²) in [5.74, 6) is -2.28. The standard InChI is InChI=1S/C15H9F2NOS2/c16-9-4-3-5-10(17)14(9)12(19)8-20-15-18-11-6-1-2-7-13(11)21-15/h1-7H,8H2. The van der Waals surface area contributed by atoms with Crippen LogP contribution in [0.2, 0.25) is 0 Å². The van der Waals surface area contributed by atoms with Gasteiger partial charge in [0.05, 0.1) is 21.5 Å². The molecule has 0 aliphatic carbocycles. The molecular weight excluding hydrogens is 312 g/mol. The maximum absolute atomic E-state index is 13.5. The summed E-state index contributed by atoms with van der Waals surface area (Å²) in [6, 6.07) is 11.0. The van der Waals surface area contributed by atoms with Crippen molar-refractivity contribution in [2.45, 2.75) is 4.34 Å². The number of halogens is 2. The lowest BCUT2D eigenvalue weighted by atomic mass is 10.1. The zero-order valence-corrected chi connectivity index (χ0v) is 12.3. The molecule has 0 unspecified atom stereocenters. The Kier molecular flexibility index (Phi) is 3.98. The van der Waals surface area contributed by atoms with Crippen molar-refractivity contribution in [3.63, 3.8) is 0 Å². The largest absolute Gasteiger partial charge is 0.293 e. The molecule has 0 saturated heterocycles. The second-order valence-electron chi connectivity index (χ2n) is 4.26. The summed E-state index contributed by atoms with van der Waals surface area (Å²) < 4.78 is 28.7. The monoisotopic (exact) mass is 321 g/mol. The molecule has 1 aromatic heterocycles. The van der Waals surface area contributed by atoms with Crippen LogP contribution in [0.4, 0.5) is 8.78 Å². The molecular formula is C15H9F2NOS2. The number of thioether (sulfide) groups is 1. The van der Waals surface area contributed by atoms with E-state index in [9.17, 15) is 13.6 Å². The summed E-state index contributed by atoms with van der Waals surface area (Å²) in [5.41, 5.74) is 0.376. The van der Waals surface area contributed by atoms with Gasteiger partial charge in [-0.15, -0.1) is 11.3 Å². The Morgan fingerprint density at radius 2 is 1.81 bits per heavy atom. The maximum Gasteiger partial charge on any atom is 0.179 e. The van der Waals surface area contributed by atoms with E-state index in [4.69, 9.17) is 0 Å². The second kappa shape index (κ2) is 5.91. The van der Waals surface area contributed by atoms with Gasteiger partial charge in [0.25, 0.3) is 0 Å². The van der Waals surface area contributed by atoms with E-state index < -0.39 is 23.0 Å². The first-order chi connectivity index (χ1) is 10.1. The maximum atomic E-state index is 13.5. The summed E-state index contributed by atoms with van der Waals surface area (Å²) in [6.45, 7) is 0. The molecule has 0 aliphatic rings.